The standard InChI is InChI=1S/C17H15Cl2N5O/c1-2-25-15-6-4-3-5-14(15)21-16-10-20-24-17(23-16)22-13-8-7-11(18)9-12(13)19/h3-10H,2H2,1H3,(H2,21,22,23,24). The first kappa shape index (κ1) is 17.3. The Kier molecular flexibility index (Phi) is 5.53. The summed E-state index contributed by atoms with van der Waals surface area (Å²) < 4.78 is 5.59. The van der Waals surface area contributed by atoms with E-state index in [9.17, 15) is 0 Å². The number of rotatable bonds is 6. The molecule has 8 heteroatoms. The van der Waals surface area contributed by atoms with Gasteiger partial charge >= 0.3 is 0 Å². The minimum absolute atomic E-state index is 0.308. The van der Waals surface area contributed by atoms with Gasteiger partial charge < -0.3 is 15.4 Å². The Morgan fingerprint density at radius 1 is 1.04 bits per heavy atom. The lowest BCUT2D eigenvalue weighted by Crippen LogP contribution is -2.04. The highest BCUT2D eigenvalue weighted by molar-refractivity contribution is 6.36. The summed E-state index contributed by atoms with van der Waals surface area (Å²) in [4.78, 5) is 4.39. The molecule has 1 heterocycles. The molecule has 2 aromatic carbocycles. The molecule has 3 aromatic rings. The topological polar surface area (TPSA) is 72.0 Å². The zero-order chi connectivity index (χ0) is 17.6. The van der Waals surface area contributed by atoms with Crippen molar-refractivity contribution in [2.24, 2.45) is 0 Å². The van der Waals surface area contributed by atoms with E-state index in [1.165, 1.54) is 6.20 Å². The van der Waals surface area contributed by atoms with Crippen molar-refractivity contribution >= 4 is 46.3 Å². The first-order valence-corrected chi connectivity index (χ1v) is 8.32. The minimum atomic E-state index is 0.308. The highest BCUT2D eigenvalue weighted by atomic mass is 35.5. The Bertz CT molecular complexity index is 875. The Morgan fingerprint density at radius 3 is 2.68 bits per heavy atom. The molecule has 1 aromatic heterocycles. The van der Waals surface area contributed by atoms with Gasteiger partial charge in [-0.3, -0.25) is 0 Å². The van der Waals surface area contributed by atoms with Crippen LogP contribution in [0.5, 0.6) is 5.75 Å². The predicted molar refractivity (Wildman–Crippen MR) is 100 cm³/mol. The molecule has 0 radical (unpaired) electrons. The second-order valence-electron chi connectivity index (χ2n) is 4.97. The monoisotopic (exact) mass is 375 g/mol. The first-order valence-electron chi connectivity index (χ1n) is 7.56. The van der Waals surface area contributed by atoms with Crippen LogP contribution in [0.25, 0.3) is 0 Å². The zero-order valence-electron chi connectivity index (χ0n) is 13.3. The van der Waals surface area contributed by atoms with Crippen molar-refractivity contribution in [3.8, 4) is 5.75 Å². The summed E-state index contributed by atoms with van der Waals surface area (Å²) in [5.74, 6) is 1.57. The minimum Gasteiger partial charge on any atom is -0.492 e. The smallest absolute Gasteiger partial charge is 0.249 e. The van der Waals surface area contributed by atoms with Crippen LogP contribution in [0.4, 0.5) is 23.1 Å². The lowest BCUT2D eigenvalue weighted by atomic mass is 10.3. The van der Waals surface area contributed by atoms with Crippen LogP contribution in [0.1, 0.15) is 6.92 Å². The maximum absolute atomic E-state index is 6.15. The summed E-state index contributed by atoms with van der Waals surface area (Å²) in [6.45, 7) is 2.50. The van der Waals surface area contributed by atoms with Gasteiger partial charge in [0.25, 0.3) is 0 Å². The van der Waals surface area contributed by atoms with E-state index in [2.05, 4.69) is 25.8 Å². The molecule has 0 spiro atoms. The molecular formula is C17H15Cl2N5O. The third kappa shape index (κ3) is 4.49. The number of para-hydroxylation sites is 2. The molecule has 0 aliphatic heterocycles. The maximum atomic E-state index is 6.15. The fourth-order valence-corrected chi connectivity index (χ4v) is 2.57. The molecule has 128 valence electrons. The van der Waals surface area contributed by atoms with Crippen LogP contribution in [-0.4, -0.2) is 21.8 Å². The van der Waals surface area contributed by atoms with Gasteiger partial charge in [0.2, 0.25) is 5.95 Å². The summed E-state index contributed by atoms with van der Waals surface area (Å²) in [6.07, 6.45) is 1.53. The van der Waals surface area contributed by atoms with Crippen molar-refractivity contribution in [3.05, 3.63) is 58.7 Å². The van der Waals surface area contributed by atoms with E-state index in [-0.39, 0.29) is 0 Å². The van der Waals surface area contributed by atoms with Crippen molar-refractivity contribution in [3.63, 3.8) is 0 Å². The van der Waals surface area contributed by atoms with E-state index in [1.54, 1.807) is 18.2 Å². The molecule has 0 unspecified atom stereocenters. The Balaban J connectivity index is 1.80. The molecule has 6 nitrogen and oxygen atoms in total. The molecule has 0 aliphatic carbocycles. The molecule has 0 amide bonds. The number of aromatic nitrogens is 3. The SMILES string of the molecule is CCOc1ccccc1Nc1cnnc(Nc2ccc(Cl)cc2Cl)n1. The molecule has 25 heavy (non-hydrogen) atoms. The van der Waals surface area contributed by atoms with Crippen molar-refractivity contribution in [1.29, 1.82) is 0 Å². The summed E-state index contributed by atoms with van der Waals surface area (Å²) in [5, 5.41) is 15.1. The summed E-state index contributed by atoms with van der Waals surface area (Å²) in [5.41, 5.74) is 1.43. The van der Waals surface area contributed by atoms with Gasteiger partial charge in [0.15, 0.2) is 5.82 Å². The number of benzene rings is 2. The molecule has 0 fully saturated rings. The molecule has 3 rings (SSSR count). The number of ether oxygens (including phenoxy) is 1. The average molecular weight is 376 g/mol. The van der Waals surface area contributed by atoms with Gasteiger partial charge in [-0.1, -0.05) is 35.3 Å². The number of halogens is 2. The second kappa shape index (κ2) is 8.00. The Labute approximate surface area is 155 Å². The number of nitrogens with zero attached hydrogens (tertiary/aromatic N) is 3. The van der Waals surface area contributed by atoms with E-state index in [0.29, 0.717) is 34.1 Å². The normalized spacial score (nSPS) is 10.4. The number of nitrogens with one attached hydrogen (secondary N) is 2. The third-order valence-electron chi connectivity index (χ3n) is 3.19. The first-order chi connectivity index (χ1) is 12.2. The van der Waals surface area contributed by atoms with E-state index in [4.69, 9.17) is 27.9 Å². The zero-order valence-corrected chi connectivity index (χ0v) is 14.8. The van der Waals surface area contributed by atoms with E-state index in [0.717, 1.165) is 11.4 Å². The molecule has 0 aliphatic rings. The van der Waals surface area contributed by atoms with Crippen molar-refractivity contribution in [2.45, 2.75) is 6.92 Å². The van der Waals surface area contributed by atoms with Crippen molar-refractivity contribution in [1.82, 2.24) is 15.2 Å². The van der Waals surface area contributed by atoms with E-state index in [1.807, 2.05) is 31.2 Å². The van der Waals surface area contributed by atoms with Crippen LogP contribution in [0, 0.1) is 0 Å². The van der Waals surface area contributed by atoms with Gasteiger partial charge in [0.1, 0.15) is 5.75 Å². The van der Waals surface area contributed by atoms with Crippen LogP contribution in [0.3, 0.4) is 0 Å². The van der Waals surface area contributed by atoms with Gasteiger partial charge in [0.05, 0.1) is 29.2 Å². The summed E-state index contributed by atoms with van der Waals surface area (Å²) in [7, 11) is 0. The average Bonchev–Trinajstić information content (AvgIpc) is 2.60. The van der Waals surface area contributed by atoms with Gasteiger partial charge in [0, 0.05) is 5.02 Å². The Morgan fingerprint density at radius 2 is 1.88 bits per heavy atom. The second-order valence-corrected chi connectivity index (χ2v) is 5.81. The molecule has 0 bridgehead atoms. The number of hydrogen-bond donors (Lipinski definition) is 2. The van der Waals surface area contributed by atoms with Gasteiger partial charge in [-0.2, -0.15) is 10.1 Å². The quantitative estimate of drug-likeness (QED) is 0.626. The van der Waals surface area contributed by atoms with Gasteiger partial charge in [-0.25, -0.2) is 0 Å². The molecule has 0 saturated carbocycles. The van der Waals surface area contributed by atoms with E-state index < -0.39 is 0 Å². The number of hydrogen-bond acceptors (Lipinski definition) is 6. The van der Waals surface area contributed by atoms with Crippen LogP contribution < -0.4 is 15.4 Å². The highest BCUT2D eigenvalue weighted by Crippen LogP contribution is 2.29. The third-order valence-corrected chi connectivity index (χ3v) is 3.73. The molecule has 0 atom stereocenters. The van der Waals surface area contributed by atoms with Crippen LogP contribution >= 0.6 is 23.2 Å². The van der Waals surface area contributed by atoms with Crippen LogP contribution in [0.15, 0.2) is 48.7 Å². The fourth-order valence-electron chi connectivity index (χ4n) is 2.12. The van der Waals surface area contributed by atoms with Crippen LogP contribution in [0.2, 0.25) is 10.0 Å². The van der Waals surface area contributed by atoms with Gasteiger partial charge in [-0.15, -0.1) is 5.10 Å². The molecular weight excluding hydrogens is 361 g/mol. The predicted octanol–water partition coefficient (Wildman–Crippen LogP) is 5.06. The van der Waals surface area contributed by atoms with Gasteiger partial charge in [-0.05, 0) is 37.3 Å². The Hall–Kier alpha value is -2.57. The molecule has 0 saturated heterocycles. The lowest BCUT2D eigenvalue weighted by Gasteiger charge is -2.12. The lowest BCUT2D eigenvalue weighted by molar-refractivity contribution is 0.342. The maximum Gasteiger partial charge on any atom is 0.249 e. The summed E-state index contributed by atoms with van der Waals surface area (Å²) in [6, 6.07) is 12.7. The highest BCUT2D eigenvalue weighted by Gasteiger charge is 2.07. The van der Waals surface area contributed by atoms with E-state index >= 15 is 0 Å². The largest absolute Gasteiger partial charge is 0.492 e. The van der Waals surface area contributed by atoms with Crippen molar-refractivity contribution < 1.29 is 4.74 Å². The van der Waals surface area contributed by atoms with Crippen LogP contribution in [-0.2, 0) is 0 Å². The number of anilines is 4. The van der Waals surface area contributed by atoms with Crippen molar-refractivity contribution in [2.75, 3.05) is 17.2 Å². The summed E-state index contributed by atoms with van der Waals surface area (Å²) >= 11 is 12.0. The molecule has 2 N–H and O–H groups in total. The fraction of sp³-hybridized carbons (Fsp3) is 0.118.